The SMILES string of the molecule is CCCNC(=O)CNC(=O)N[C@H](CC(N)=O)C(=O)O. The van der Waals surface area contributed by atoms with Gasteiger partial charge in [0.25, 0.3) is 0 Å². The summed E-state index contributed by atoms with van der Waals surface area (Å²) in [5.41, 5.74) is 4.85. The van der Waals surface area contributed by atoms with E-state index in [0.29, 0.717) is 6.54 Å². The van der Waals surface area contributed by atoms with E-state index in [0.717, 1.165) is 6.42 Å². The van der Waals surface area contributed by atoms with Crippen LogP contribution in [0.15, 0.2) is 0 Å². The molecule has 0 rings (SSSR count). The van der Waals surface area contributed by atoms with Crippen molar-refractivity contribution in [2.75, 3.05) is 13.1 Å². The lowest BCUT2D eigenvalue weighted by Crippen LogP contribution is -2.49. The predicted molar refractivity (Wildman–Crippen MR) is 65.1 cm³/mol. The molecule has 0 unspecified atom stereocenters. The summed E-state index contributed by atoms with van der Waals surface area (Å²) in [5.74, 6) is -2.63. The molecule has 0 aromatic heterocycles. The molecule has 19 heavy (non-hydrogen) atoms. The predicted octanol–water partition coefficient (Wildman–Crippen LogP) is -1.86. The molecule has 0 saturated heterocycles. The van der Waals surface area contributed by atoms with Gasteiger partial charge in [0.05, 0.1) is 13.0 Å². The molecule has 0 saturated carbocycles. The van der Waals surface area contributed by atoms with E-state index in [1.165, 1.54) is 0 Å². The molecule has 9 nitrogen and oxygen atoms in total. The molecule has 0 aliphatic heterocycles. The summed E-state index contributed by atoms with van der Waals surface area (Å²) >= 11 is 0. The smallest absolute Gasteiger partial charge is 0.326 e. The number of nitrogens with two attached hydrogens (primary N) is 1. The van der Waals surface area contributed by atoms with Crippen LogP contribution >= 0.6 is 0 Å². The molecular formula is C10H18N4O5. The summed E-state index contributed by atoms with van der Waals surface area (Å²) in [6, 6.07) is -2.28. The molecular weight excluding hydrogens is 256 g/mol. The van der Waals surface area contributed by atoms with Gasteiger partial charge in [0.1, 0.15) is 6.04 Å². The van der Waals surface area contributed by atoms with Crippen molar-refractivity contribution in [1.82, 2.24) is 16.0 Å². The van der Waals surface area contributed by atoms with Crippen LogP contribution in [0, 0.1) is 0 Å². The number of hydrogen-bond acceptors (Lipinski definition) is 4. The Morgan fingerprint density at radius 2 is 1.84 bits per heavy atom. The van der Waals surface area contributed by atoms with E-state index in [-0.39, 0.29) is 6.54 Å². The zero-order valence-corrected chi connectivity index (χ0v) is 10.6. The minimum atomic E-state index is -1.42. The lowest BCUT2D eigenvalue weighted by Gasteiger charge is -2.13. The zero-order chi connectivity index (χ0) is 14.8. The first-order chi connectivity index (χ1) is 8.86. The van der Waals surface area contributed by atoms with Gasteiger partial charge < -0.3 is 26.8 Å². The van der Waals surface area contributed by atoms with Crippen LogP contribution < -0.4 is 21.7 Å². The summed E-state index contributed by atoms with van der Waals surface area (Å²) in [6.07, 6.45) is 0.239. The average molecular weight is 274 g/mol. The van der Waals surface area contributed by atoms with Crippen molar-refractivity contribution in [2.45, 2.75) is 25.8 Å². The second-order valence-corrected chi connectivity index (χ2v) is 3.74. The third-order valence-corrected chi connectivity index (χ3v) is 1.99. The van der Waals surface area contributed by atoms with Crippen LogP contribution in [-0.2, 0) is 14.4 Å². The average Bonchev–Trinajstić information content (AvgIpc) is 2.32. The molecule has 0 heterocycles. The number of carboxylic acids is 1. The quantitative estimate of drug-likeness (QED) is 0.351. The number of hydrogen-bond donors (Lipinski definition) is 5. The fraction of sp³-hybridized carbons (Fsp3) is 0.600. The molecule has 0 aromatic carbocycles. The fourth-order valence-corrected chi connectivity index (χ4v) is 1.10. The highest BCUT2D eigenvalue weighted by Gasteiger charge is 2.22. The molecule has 0 radical (unpaired) electrons. The molecule has 0 fully saturated rings. The van der Waals surface area contributed by atoms with Crippen molar-refractivity contribution >= 4 is 23.8 Å². The van der Waals surface area contributed by atoms with Gasteiger partial charge in [0.15, 0.2) is 0 Å². The van der Waals surface area contributed by atoms with E-state index in [1.54, 1.807) is 0 Å². The largest absolute Gasteiger partial charge is 0.480 e. The molecule has 9 heteroatoms. The highest BCUT2D eigenvalue weighted by Crippen LogP contribution is 1.91. The molecule has 0 bridgehead atoms. The zero-order valence-electron chi connectivity index (χ0n) is 10.6. The van der Waals surface area contributed by atoms with Crippen LogP contribution in [0.3, 0.4) is 0 Å². The molecule has 6 N–H and O–H groups in total. The summed E-state index contributed by atoms with van der Waals surface area (Å²) < 4.78 is 0. The number of urea groups is 1. The van der Waals surface area contributed by atoms with Crippen LogP contribution in [-0.4, -0.2) is 48.1 Å². The van der Waals surface area contributed by atoms with Crippen LogP contribution in [0.2, 0.25) is 0 Å². The van der Waals surface area contributed by atoms with Gasteiger partial charge in [-0.1, -0.05) is 6.92 Å². The van der Waals surface area contributed by atoms with E-state index >= 15 is 0 Å². The topological polar surface area (TPSA) is 151 Å². The number of carboxylic acid groups (broad SMARTS) is 1. The molecule has 4 amide bonds. The van der Waals surface area contributed by atoms with Gasteiger partial charge >= 0.3 is 12.0 Å². The van der Waals surface area contributed by atoms with E-state index in [9.17, 15) is 19.2 Å². The molecule has 1 atom stereocenters. The Morgan fingerprint density at radius 1 is 1.21 bits per heavy atom. The summed E-state index contributed by atoms with van der Waals surface area (Å²) in [7, 11) is 0. The number of aliphatic carboxylic acids is 1. The Hall–Kier alpha value is -2.32. The summed E-state index contributed by atoms with van der Waals surface area (Å²) in [4.78, 5) is 43.8. The third-order valence-electron chi connectivity index (χ3n) is 1.99. The Bertz CT molecular complexity index is 358. The van der Waals surface area contributed by atoms with E-state index in [4.69, 9.17) is 10.8 Å². The Morgan fingerprint density at radius 3 is 2.32 bits per heavy atom. The van der Waals surface area contributed by atoms with E-state index in [2.05, 4.69) is 10.6 Å². The van der Waals surface area contributed by atoms with Crippen LogP contribution in [0.5, 0.6) is 0 Å². The van der Waals surface area contributed by atoms with E-state index in [1.807, 2.05) is 12.2 Å². The Kier molecular flexibility index (Phi) is 7.66. The second-order valence-electron chi connectivity index (χ2n) is 3.74. The maximum atomic E-state index is 11.3. The number of carbonyl (C=O) groups is 4. The minimum Gasteiger partial charge on any atom is -0.480 e. The monoisotopic (exact) mass is 274 g/mol. The summed E-state index contributed by atoms with van der Waals surface area (Å²) in [6.45, 7) is 2.08. The lowest BCUT2D eigenvalue weighted by atomic mass is 10.2. The van der Waals surface area contributed by atoms with E-state index < -0.39 is 36.3 Å². The third kappa shape index (κ3) is 8.41. The van der Waals surface area contributed by atoms with Gasteiger partial charge in [0.2, 0.25) is 11.8 Å². The van der Waals surface area contributed by atoms with Crippen LogP contribution in [0.1, 0.15) is 19.8 Å². The Labute approximate surface area is 109 Å². The van der Waals surface area contributed by atoms with Crippen LogP contribution in [0.25, 0.3) is 0 Å². The first-order valence-corrected chi connectivity index (χ1v) is 5.69. The van der Waals surface area contributed by atoms with Gasteiger partial charge in [-0.15, -0.1) is 0 Å². The van der Waals surface area contributed by atoms with Crippen molar-refractivity contribution in [1.29, 1.82) is 0 Å². The van der Waals surface area contributed by atoms with Crippen molar-refractivity contribution in [3.8, 4) is 0 Å². The molecule has 0 aliphatic rings. The first kappa shape index (κ1) is 16.7. The minimum absolute atomic E-state index is 0.283. The summed E-state index contributed by atoms with van der Waals surface area (Å²) in [5, 5.41) is 15.5. The number of amides is 4. The molecule has 0 aromatic rings. The standard InChI is InChI=1S/C10H18N4O5/c1-2-3-12-8(16)5-13-10(19)14-6(9(17)18)4-7(11)15/h6H,2-5H2,1H3,(H2,11,15)(H,12,16)(H,17,18)(H2,13,14,19)/t6-/m1/s1. The maximum Gasteiger partial charge on any atom is 0.326 e. The fourth-order valence-electron chi connectivity index (χ4n) is 1.10. The van der Waals surface area contributed by atoms with Gasteiger partial charge in [0, 0.05) is 6.54 Å². The van der Waals surface area contributed by atoms with Crippen molar-refractivity contribution < 1.29 is 24.3 Å². The van der Waals surface area contributed by atoms with Crippen molar-refractivity contribution in [3.63, 3.8) is 0 Å². The first-order valence-electron chi connectivity index (χ1n) is 5.69. The lowest BCUT2D eigenvalue weighted by molar-refractivity contribution is -0.140. The maximum absolute atomic E-state index is 11.3. The highest BCUT2D eigenvalue weighted by atomic mass is 16.4. The molecule has 0 spiro atoms. The van der Waals surface area contributed by atoms with Gasteiger partial charge in [-0.05, 0) is 6.42 Å². The number of carbonyl (C=O) groups excluding carboxylic acids is 3. The number of primary amides is 1. The normalized spacial score (nSPS) is 11.2. The second kappa shape index (κ2) is 8.72. The van der Waals surface area contributed by atoms with Gasteiger partial charge in [-0.3, -0.25) is 9.59 Å². The molecule has 108 valence electrons. The van der Waals surface area contributed by atoms with Crippen molar-refractivity contribution in [3.05, 3.63) is 0 Å². The van der Waals surface area contributed by atoms with Gasteiger partial charge in [-0.2, -0.15) is 0 Å². The van der Waals surface area contributed by atoms with Crippen LogP contribution in [0.4, 0.5) is 4.79 Å². The Balaban J connectivity index is 4.09. The number of nitrogens with one attached hydrogen (secondary N) is 3. The molecule has 0 aliphatic carbocycles. The van der Waals surface area contributed by atoms with Crippen molar-refractivity contribution in [2.24, 2.45) is 5.73 Å². The van der Waals surface area contributed by atoms with Gasteiger partial charge in [-0.25, -0.2) is 9.59 Å². The number of rotatable bonds is 8. The highest BCUT2D eigenvalue weighted by molar-refractivity contribution is 5.89.